The van der Waals surface area contributed by atoms with Gasteiger partial charge in [-0.3, -0.25) is 0 Å². The first kappa shape index (κ1) is 21.4. The first-order chi connectivity index (χ1) is 11.8. The monoisotopic (exact) mass is 349 g/mol. The molecule has 0 bridgehead atoms. The van der Waals surface area contributed by atoms with Crippen molar-refractivity contribution in [2.24, 2.45) is 5.41 Å². The number of aryl methyl sites for hydroxylation is 1. The lowest BCUT2D eigenvalue weighted by atomic mass is 9.92. The van der Waals surface area contributed by atoms with Crippen molar-refractivity contribution in [2.45, 2.75) is 73.6 Å². The molecule has 0 aliphatic rings. The minimum absolute atomic E-state index is 0.230. The molecule has 1 aromatic heterocycles. The van der Waals surface area contributed by atoms with Crippen molar-refractivity contribution in [3.05, 3.63) is 17.6 Å². The molecule has 5 heteroatoms. The van der Waals surface area contributed by atoms with E-state index in [0.717, 1.165) is 56.8 Å². The van der Waals surface area contributed by atoms with Crippen molar-refractivity contribution in [1.29, 1.82) is 0 Å². The maximum atomic E-state index is 12.4. The highest BCUT2D eigenvalue weighted by Crippen LogP contribution is 2.24. The average molecular weight is 350 g/mol. The normalized spacial score (nSPS) is 11.4. The Morgan fingerprint density at radius 3 is 2.44 bits per heavy atom. The van der Waals surface area contributed by atoms with Crippen molar-refractivity contribution in [1.82, 2.24) is 9.97 Å². The second kappa shape index (κ2) is 10.4. The SMILES string of the molecule is CCCCN(CCC(C)(C)C)c1nc(CCC)ncc1C(=O)OCC. The van der Waals surface area contributed by atoms with E-state index >= 15 is 0 Å². The zero-order chi connectivity index (χ0) is 18.9. The zero-order valence-electron chi connectivity index (χ0n) is 16.9. The number of carbonyl (C=O) groups is 1. The predicted octanol–water partition coefficient (Wildman–Crippen LogP) is 4.65. The van der Waals surface area contributed by atoms with E-state index in [4.69, 9.17) is 9.72 Å². The Kier molecular flexibility index (Phi) is 8.87. The summed E-state index contributed by atoms with van der Waals surface area (Å²) >= 11 is 0. The van der Waals surface area contributed by atoms with Crippen LogP contribution in [0.25, 0.3) is 0 Å². The van der Waals surface area contributed by atoms with Gasteiger partial charge in [0.1, 0.15) is 17.2 Å². The van der Waals surface area contributed by atoms with Gasteiger partial charge < -0.3 is 9.64 Å². The summed E-state index contributed by atoms with van der Waals surface area (Å²) in [6, 6.07) is 0. The Morgan fingerprint density at radius 2 is 1.88 bits per heavy atom. The van der Waals surface area contributed by atoms with E-state index in [0.29, 0.717) is 12.2 Å². The number of nitrogens with zero attached hydrogens (tertiary/aromatic N) is 3. The fourth-order valence-corrected chi connectivity index (χ4v) is 2.49. The van der Waals surface area contributed by atoms with Crippen LogP contribution in [0.15, 0.2) is 6.20 Å². The van der Waals surface area contributed by atoms with Gasteiger partial charge in [-0.05, 0) is 31.6 Å². The van der Waals surface area contributed by atoms with E-state index < -0.39 is 0 Å². The maximum Gasteiger partial charge on any atom is 0.343 e. The van der Waals surface area contributed by atoms with E-state index in [-0.39, 0.29) is 11.4 Å². The van der Waals surface area contributed by atoms with Crippen LogP contribution in [0.2, 0.25) is 0 Å². The first-order valence-electron chi connectivity index (χ1n) is 9.60. The lowest BCUT2D eigenvalue weighted by Gasteiger charge is -2.29. The summed E-state index contributed by atoms with van der Waals surface area (Å²) in [4.78, 5) is 23.7. The molecular weight excluding hydrogens is 314 g/mol. The molecule has 142 valence electrons. The summed E-state index contributed by atoms with van der Waals surface area (Å²) in [5.74, 6) is 1.19. The van der Waals surface area contributed by atoms with Crippen LogP contribution in [0, 0.1) is 5.41 Å². The highest BCUT2D eigenvalue weighted by atomic mass is 16.5. The van der Waals surface area contributed by atoms with Gasteiger partial charge in [-0.15, -0.1) is 0 Å². The molecule has 1 heterocycles. The summed E-state index contributed by atoms with van der Waals surface area (Å²) < 4.78 is 5.22. The minimum Gasteiger partial charge on any atom is -0.462 e. The van der Waals surface area contributed by atoms with Gasteiger partial charge in [0, 0.05) is 25.7 Å². The Morgan fingerprint density at radius 1 is 1.16 bits per heavy atom. The van der Waals surface area contributed by atoms with Gasteiger partial charge in [0.05, 0.1) is 6.61 Å². The molecule has 0 fully saturated rings. The van der Waals surface area contributed by atoms with Gasteiger partial charge in [0.2, 0.25) is 0 Å². The zero-order valence-corrected chi connectivity index (χ0v) is 16.9. The minimum atomic E-state index is -0.335. The van der Waals surface area contributed by atoms with Gasteiger partial charge >= 0.3 is 5.97 Å². The third kappa shape index (κ3) is 7.41. The molecule has 25 heavy (non-hydrogen) atoms. The van der Waals surface area contributed by atoms with Crippen LogP contribution in [0.4, 0.5) is 5.82 Å². The van der Waals surface area contributed by atoms with Crippen LogP contribution in [-0.2, 0) is 11.2 Å². The van der Waals surface area contributed by atoms with Gasteiger partial charge in [-0.25, -0.2) is 14.8 Å². The smallest absolute Gasteiger partial charge is 0.343 e. The van der Waals surface area contributed by atoms with Crippen molar-refractivity contribution >= 4 is 11.8 Å². The molecule has 0 saturated carbocycles. The van der Waals surface area contributed by atoms with E-state index in [9.17, 15) is 4.79 Å². The lowest BCUT2D eigenvalue weighted by Crippen LogP contribution is -2.31. The first-order valence-corrected chi connectivity index (χ1v) is 9.60. The highest BCUT2D eigenvalue weighted by molar-refractivity contribution is 5.94. The predicted molar refractivity (Wildman–Crippen MR) is 103 cm³/mol. The Bertz CT molecular complexity index is 538. The Balaban J connectivity index is 3.20. The van der Waals surface area contributed by atoms with Gasteiger partial charge in [0.25, 0.3) is 0 Å². The molecular formula is C20H35N3O2. The molecule has 0 aromatic carbocycles. The standard InChI is InChI=1S/C20H35N3O2/c1-7-10-13-23(14-12-20(4,5)6)18-16(19(24)25-9-3)15-21-17(22-18)11-8-2/h15H,7-14H2,1-6H3. The summed E-state index contributed by atoms with van der Waals surface area (Å²) in [6.45, 7) is 14.9. The number of unbranched alkanes of at least 4 members (excludes halogenated alkanes) is 1. The van der Waals surface area contributed by atoms with Gasteiger partial charge in [0.15, 0.2) is 0 Å². The molecule has 0 N–H and O–H groups in total. The summed E-state index contributed by atoms with van der Waals surface area (Å²) in [5.41, 5.74) is 0.708. The Labute approximate surface area is 153 Å². The molecule has 0 spiro atoms. The number of carbonyl (C=O) groups excluding carboxylic acids is 1. The Hall–Kier alpha value is -1.65. The molecule has 1 aromatic rings. The van der Waals surface area contributed by atoms with E-state index in [1.807, 2.05) is 6.92 Å². The highest BCUT2D eigenvalue weighted by Gasteiger charge is 2.22. The van der Waals surface area contributed by atoms with E-state index in [1.54, 1.807) is 6.20 Å². The summed E-state index contributed by atoms with van der Waals surface area (Å²) in [5, 5.41) is 0. The fourth-order valence-electron chi connectivity index (χ4n) is 2.49. The van der Waals surface area contributed by atoms with Crippen LogP contribution < -0.4 is 4.90 Å². The van der Waals surface area contributed by atoms with Crippen molar-refractivity contribution in [3.63, 3.8) is 0 Å². The molecule has 0 aliphatic carbocycles. The van der Waals surface area contributed by atoms with Crippen LogP contribution >= 0.6 is 0 Å². The number of anilines is 1. The molecule has 0 unspecified atom stereocenters. The number of ether oxygens (including phenoxy) is 1. The molecule has 5 nitrogen and oxygen atoms in total. The van der Waals surface area contributed by atoms with Gasteiger partial charge in [-0.1, -0.05) is 41.0 Å². The maximum absolute atomic E-state index is 12.4. The topological polar surface area (TPSA) is 55.3 Å². The van der Waals surface area contributed by atoms with Crippen LogP contribution in [-0.4, -0.2) is 35.6 Å². The van der Waals surface area contributed by atoms with Crippen molar-refractivity contribution in [3.8, 4) is 0 Å². The fraction of sp³-hybridized carbons (Fsp3) is 0.750. The largest absolute Gasteiger partial charge is 0.462 e. The van der Waals surface area contributed by atoms with Gasteiger partial charge in [-0.2, -0.15) is 0 Å². The number of esters is 1. The number of hydrogen-bond acceptors (Lipinski definition) is 5. The average Bonchev–Trinajstić information content (AvgIpc) is 2.54. The van der Waals surface area contributed by atoms with Crippen LogP contribution in [0.1, 0.15) is 83.4 Å². The lowest BCUT2D eigenvalue weighted by molar-refractivity contribution is 0.0526. The summed E-state index contributed by atoms with van der Waals surface area (Å²) in [6.07, 6.45) is 6.65. The molecule has 0 saturated heterocycles. The van der Waals surface area contributed by atoms with Crippen molar-refractivity contribution in [2.75, 3.05) is 24.6 Å². The molecule has 0 radical (unpaired) electrons. The van der Waals surface area contributed by atoms with E-state index in [1.165, 1.54) is 0 Å². The quantitative estimate of drug-likeness (QED) is 0.576. The molecule has 0 amide bonds. The van der Waals surface area contributed by atoms with E-state index in [2.05, 4.69) is 44.5 Å². The van der Waals surface area contributed by atoms with Crippen LogP contribution in [0.3, 0.4) is 0 Å². The number of rotatable bonds is 10. The van der Waals surface area contributed by atoms with Crippen molar-refractivity contribution < 1.29 is 9.53 Å². The second-order valence-electron chi connectivity index (χ2n) is 7.65. The molecule has 1 rings (SSSR count). The summed E-state index contributed by atoms with van der Waals surface area (Å²) in [7, 11) is 0. The number of aromatic nitrogens is 2. The molecule has 0 aliphatic heterocycles. The number of hydrogen-bond donors (Lipinski definition) is 0. The second-order valence-corrected chi connectivity index (χ2v) is 7.65. The molecule has 0 atom stereocenters. The van der Waals surface area contributed by atoms with Crippen LogP contribution in [0.5, 0.6) is 0 Å². The third-order valence-electron chi connectivity index (χ3n) is 4.00. The third-order valence-corrected chi connectivity index (χ3v) is 4.00.